The van der Waals surface area contributed by atoms with Gasteiger partial charge in [0.05, 0.1) is 0 Å². The summed E-state index contributed by atoms with van der Waals surface area (Å²) in [6.45, 7) is 2.31. The molecule has 0 aliphatic carbocycles. The average Bonchev–Trinajstić information content (AvgIpc) is 3.30. The number of benzene rings is 2. The van der Waals surface area contributed by atoms with Crippen LogP contribution in [0.5, 0.6) is 0 Å². The second-order valence-corrected chi connectivity index (χ2v) is 7.58. The van der Waals surface area contributed by atoms with Crippen LogP contribution in [0.1, 0.15) is 66.7 Å². The van der Waals surface area contributed by atoms with E-state index in [0.717, 1.165) is 24.4 Å². The Hall–Kier alpha value is -1.97. The summed E-state index contributed by atoms with van der Waals surface area (Å²) >= 11 is 0. The van der Waals surface area contributed by atoms with E-state index in [1.807, 2.05) is 12.1 Å². The highest BCUT2D eigenvalue weighted by Gasteiger charge is 2.15. The molecule has 0 spiro atoms. The average molecular weight is 380 g/mol. The van der Waals surface area contributed by atoms with Crippen molar-refractivity contribution in [2.45, 2.75) is 57.3 Å². The third-order valence-electron chi connectivity index (χ3n) is 5.59. The Balaban J connectivity index is 0.00000136. The van der Waals surface area contributed by atoms with Gasteiger partial charge in [0.15, 0.2) is 0 Å². The van der Waals surface area contributed by atoms with Gasteiger partial charge in [0.1, 0.15) is 0 Å². The molecule has 1 heterocycles. The molecule has 0 amide bonds. The quantitative estimate of drug-likeness (QED) is 0.398. The van der Waals surface area contributed by atoms with Crippen molar-refractivity contribution in [2.24, 2.45) is 5.73 Å². The van der Waals surface area contributed by atoms with Crippen molar-refractivity contribution >= 4 is 6.21 Å². The molecule has 1 atom stereocenters. The zero-order valence-corrected chi connectivity index (χ0v) is 17.4. The molecule has 3 rings (SSSR count). The Morgan fingerprint density at radius 2 is 1.39 bits per heavy atom. The highest BCUT2D eigenvalue weighted by molar-refractivity contribution is 5.76. The molecule has 2 aromatic rings. The van der Waals surface area contributed by atoms with Crippen molar-refractivity contribution in [3.63, 3.8) is 0 Å². The lowest BCUT2D eigenvalue weighted by molar-refractivity contribution is 0.613. The van der Waals surface area contributed by atoms with Crippen LogP contribution in [0.15, 0.2) is 48.5 Å². The van der Waals surface area contributed by atoms with Crippen molar-refractivity contribution in [2.75, 3.05) is 20.1 Å². The number of nitrogens with two attached hydrogens (primary N) is 1. The van der Waals surface area contributed by atoms with Crippen molar-refractivity contribution in [1.82, 2.24) is 5.32 Å². The maximum Gasteiger partial charge on any atom is 0.0250 e. The number of hydrogen-bond donors (Lipinski definition) is 3. The fourth-order valence-electron chi connectivity index (χ4n) is 3.86. The minimum Gasteiger partial charge on any atom is -0.333 e. The SMILES string of the molecule is CN.N=Cc1ccc(CCCCCCCc2ccc(C3CCNC3)cc2)cc1. The van der Waals surface area contributed by atoms with Crippen LogP contribution in [-0.2, 0) is 12.8 Å². The van der Waals surface area contributed by atoms with Crippen molar-refractivity contribution in [3.05, 3.63) is 70.8 Å². The second-order valence-electron chi connectivity index (χ2n) is 7.58. The summed E-state index contributed by atoms with van der Waals surface area (Å²) in [5.74, 6) is 0.727. The van der Waals surface area contributed by atoms with Crippen molar-refractivity contribution in [3.8, 4) is 0 Å². The number of unbranched alkanes of at least 4 members (excludes halogenated alkanes) is 4. The Bertz CT molecular complexity index is 655. The molecule has 2 aromatic carbocycles. The number of hydrogen-bond acceptors (Lipinski definition) is 3. The summed E-state index contributed by atoms with van der Waals surface area (Å²) < 4.78 is 0. The third kappa shape index (κ3) is 7.57. The maximum atomic E-state index is 7.23. The number of nitrogens with one attached hydrogen (secondary N) is 2. The summed E-state index contributed by atoms with van der Waals surface area (Å²) in [5.41, 5.74) is 9.88. The third-order valence-corrected chi connectivity index (χ3v) is 5.59. The zero-order chi connectivity index (χ0) is 20.0. The van der Waals surface area contributed by atoms with Gasteiger partial charge in [-0.05, 0) is 73.9 Å². The first kappa shape index (κ1) is 22.3. The Morgan fingerprint density at radius 1 is 0.857 bits per heavy atom. The summed E-state index contributed by atoms with van der Waals surface area (Å²) in [6, 6.07) is 17.8. The van der Waals surface area contributed by atoms with Crippen molar-refractivity contribution < 1.29 is 0 Å². The number of aryl methyl sites for hydroxylation is 2. The first-order chi connectivity index (χ1) is 13.8. The smallest absolute Gasteiger partial charge is 0.0250 e. The molecular weight excluding hydrogens is 342 g/mol. The minimum atomic E-state index is 0.727. The van der Waals surface area contributed by atoms with E-state index in [9.17, 15) is 0 Å². The molecule has 0 aromatic heterocycles. The van der Waals surface area contributed by atoms with Crippen LogP contribution in [0, 0.1) is 5.41 Å². The molecule has 0 radical (unpaired) electrons. The maximum absolute atomic E-state index is 7.23. The largest absolute Gasteiger partial charge is 0.333 e. The first-order valence-corrected chi connectivity index (χ1v) is 10.8. The molecule has 3 nitrogen and oxygen atoms in total. The topological polar surface area (TPSA) is 61.9 Å². The van der Waals surface area contributed by atoms with Gasteiger partial charge in [-0.25, -0.2) is 0 Å². The summed E-state index contributed by atoms with van der Waals surface area (Å²) in [5, 5.41) is 10.7. The van der Waals surface area contributed by atoms with Crippen LogP contribution in [-0.4, -0.2) is 26.4 Å². The van der Waals surface area contributed by atoms with E-state index in [-0.39, 0.29) is 0 Å². The van der Waals surface area contributed by atoms with Gasteiger partial charge in [-0.1, -0.05) is 67.8 Å². The molecule has 3 heteroatoms. The Morgan fingerprint density at radius 3 is 1.89 bits per heavy atom. The molecule has 1 unspecified atom stereocenters. The molecule has 152 valence electrons. The van der Waals surface area contributed by atoms with E-state index >= 15 is 0 Å². The molecule has 1 aliphatic rings. The van der Waals surface area contributed by atoms with Gasteiger partial charge in [0.2, 0.25) is 0 Å². The predicted molar refractivity (Wildman–Crippen MR) is 122 cm³/mol. The Labute approximate surface area is 171 Å². The first-order valence-electron chi connectivity index (χ1n) is 10.8. The lowest BCUT2D eigenvalue weighted by Gasteiger charge is -2.09. The van der Waals surface area contributed by atoms with E-state index < -0.39 is 0 Å². The molecule has 28 heavy (non-hydrogen) atoms. The second kappa shape index (κ2) is 13.2. The highest BCUT2D eigenvalue weighted by Crippen LogP contribution is 2.23. The van der Waals surface area contributed by atoms with Gasteiger partial charge in [-0.15, -0.1) is 0 Å². The zero-order valence-electron chi connectivity index (χ0n) is 17.4. The van der Waals surface area contributed by atoms with Crippen LogP contribution >= 0.6 is 0 Å². The molecule has 0 bridgehead atoms. The van der Waals surface area contributed by atoms with Gasteiger partial charge in [-0.3, -0.25) is 0 Å². The van der Waals surface area contributed by atoms with Gasteiger partial charge in [0.25, 0.3) is 0 Å². The van der Waals surface area contributed by atoms with E-state index in [0.29, 0.717) is 0 Å². The van der Waals surface area contributed by atoms with Crippen LogP contribution in [0.2, 0.25) is 0 Å². The standard InChI is InChI=1S/C24H32N2.CH5N/c25-18-22-10-8-20(9-11-22)6-4-2-1-3-5-7-21-12-14-23(15-13-21)24-16-17-26-19-24;1-2/h8-15,18,24-26H,1-7,16-17,19H2;2H2,1H3. The molecular formula is C25H37N3. The van der Waals surface area contributed by atoms with Crippen LogP contribution in [0.25, 0.3) is 0 Å². The fraction of sp³-hybridized carbons (Fsp3) is 0.480. The predicted octanol–water partition coefficient (Wildman–Crippen LogP) is 5.07. The van der Waals surface area contributed by atoms with E-state index in [4.69, 9.17) is 5.41 Å². The van der Waals surface area contributed by atoms with Crippen LogP contribution in [0.4, 0.5) is 0 Å². The summed E-state index contributed by atoms with van der Waals surface area (Å²) in [6.07, 6.45) is 11.6. The van der Waals surface area contributed by atoms with E-state index in [1.165, 1.54) is 81.4 Å². The lowest BCUT2D eigenvalue weighted by Crippen LogP contribution is -2.07. The van der Waals surface area contributed by atoms with Gasteiger partial charge in [0, 0.05) is 12.8 Å². The van der Waals surface area contributed by atoms with Gasteiger partial charge >= 0.3 is 0 Å². The molecule has 1 saturated heterocycles. The highest BCUT2D eigenvalue weighted by atomic mass is 14.9. The molecule has 0 saturated carbocycles. The summed E-state index contributed by atoms with van der Waals surface area (Å²) in [7, 11) is 1.50. The molecule has 4 N–H and O–H groups in total. The van der Waals surface area contributed by atoms with Crippen LogP contribution in [0.3, 0.4) is 0 Å². The van der Waals surface area contributed by atoms with Gasteiger partial charge in [-0.2, -0.15) is 0 Å². The minimum absolute atomic E-state index is 0.727. The molecule has 1 aliphatic heterocycles. The summed E-state index contributed by atoms with van der Waals surface area (Å²) in [4.78, 5) is 0. The monoisotopic (exact) mass is 379 g/mol. The van der Waals surface area contributed by atoms with E-state index in [2.05, 4.69) is 47.4 Å². The fourth-order valence-corrected chi connectivity index (χ4v) is 3.86. The van der Waals surface area contributed by atoms with Gasteiger partial charge < -0.3 is 16.5 Å². The number of rotatable bonds is 10. The Kier molecular flexibility index (Phi) is 10.6. The van der Waals surface area contributed by atoms with Crippen LogP contribution < -0.4 is 11.1 Å². The lowest BCUT2D eigenvalue weighted by atomic mass is 9.96. The van der Waals surface area contributed by atoms with Crippen molar-refractivity contribution in [1.29, 1.82) is 5.41 Å². The molecule has 1 fully saturated rings. The normalized spacial score (nSPS) is 15.7. The van der Waals surface area contributed by atoms with E-state index in [1.54, 1.807) is 0 Å².